The van der Waals surface area contributed by atoms with Gasteiger partial charge >= 0.3 is 0 Å². The maximum Gasteiger partial charge on any atom is 0.257 e. The molecule has 0 fully saturated rings. The molecule has 0 bridgehead atoms. The van der Waals surface area contributed by atoms with E-state index in [1.807, 2.05) is 18.2 Å². The van der Waals surface area contributed by atoms with Crippen LogP contribution in [0.2, 0.25) is 0 Å². The zero-order valence-electron chi connectivity index (χ0n) is 9.77. The van der Waals surface area contributed by atoms with E-state index in [-0.39, 0.29) is 12.4 Å². The van der Waals surface area contributed by atoms with E-state index in [0.29, 0.717) is 16.7 Å². The molecule has 0 unspecified atom stereocenters. The van der Waals surface area contributed by atoms with Gasteiger partial charge in [-0.3, -0.25) is 0 Å². The van der Waals surface area contributed by atoms with Crippen LogP contribution < -0.4 is 10.5 Å². The highest BCUT2D eigenvalue weighted by Crippen LogP contribution is 2.34. The van der Waals surface area contributed by atoms with Crippen molar-refractivity contribution in [2.45, 2.75) is 12.5 Å². The fourth-order valence-corrected chi connectivity index (χ4v) is 1.92. The summed E-state index contributed by atoms with van der Waals surface area (Å²) in [5, 5.41) is 1.58. The summed E-state index contributed by atoms with van der Waals surface area (Å²) in [4.78, 5) is 0. The molecule has 0 saturated heterocycles. The van der Waals surface area contributed by atoms with E-state index in [1.165, 1.54) is 7.11 Å². The Hall–Kier alpha value is -1.39. The van der Waals surface area contributed by atoms with E-state index in [1.54, 1.807) is 18.2 Å². The SMILES string of the molecule is COc1ccc2ccccc2c1[C@@H](N)C(F)F.Cl. The molecule has 2 N–H and O–H groups in total. The Labute approximate surface area is 110 Å². The minimum atomic E-state index is -2.62. The third-order valence-electron chi connectivity index (χ3n) is 2.76. The van der Waals surface area contributed by atoms with E-state index in [9.17, 15) is 8.78 Å². The van der Waals surface area contributed by atoms with Crippen LogP contribution in [0.25, 0.3) is 10.8 Å². The van der Waals surface area contributed by atoms with Crippen molar-refractivity contribution >= 4 is 23.2 Å². The van der Waals surface area contributed by atoms with Crippen LogP contribution >= 0.6 is 12.4 Å². The average molecular weight is 274 g/mol. The number of methoxy groups -OCH3 is 1. The Morgan fingerprint density at radius 3 is 2.39 bits per heavy atom. The molecule has 0 heterocycles. The molecule has 0 aliphatic carbocycles. The number of alkyl halides is 2. The lowest BCUT2D eigenvalue weighted by molar-refractivity contribution is 0.115. The molecule has 5 heteroatoms. The van der Waals surface area contributed by atoms with Gasteiger partial charge in [-0.05, 0) is 16.8 Å². The van der Waals surface area contributed by atoms with Crippen molar-refractivity contribution in [3.05, 3.63) is 42.0 Å². The number of halogens is 3. The largest absolute Gasteiger partial charge is 0.496 e. The molecule has 0 spiro atoms. The van der Waals surface area contributed by atoms with Gasteiger partial charge < -0.3 is 10.5 Å². The zero-order chi connectivity index (χ0) is 12.4. The average Bonchev–Trinajstić information content (AvgIpc) is 2.36. The normalized spacial score (nSPS) is 12.3. The molecule has 0 aromatic heterocycles. The van der Waals surface area contributed by atoms with Crippen LogP contribution in [0.4, 0.5) is 8.78 Å². The fraction of sp³-hybridized carbons (Fsp3) is 0.231. The van der Waals surface area contributed by atoms with Crippen molar-refractivity contribution in [3.8, 4) is 5.75 Å². The van der Waals surface area contributed by atoms with Gasteiger partial charge in [0, 0.05) is 5.56 Å². The minimum absolute atomic E-state index is 0. The number of benzene rings is 2. The number of ether oxygens (including phenoxy) is 1. The first kappa shape index (κ1) is 14.7. The highest BCUT2D eigenvalue weighted by molar-refractivity contribution is 5.88. The van der Waals surface area contributed by atoms with Gasteiger partial charge in [0.1, 0.15) is 5.75 Å². The summed E-state index contributed by atoms with van der Waals surface area (Å²) in [7, 11) is 1.45. The molecule has 18 heavy (non-hydrogen) atoms. The zero-order valence-corrected chi connectivity index (χ0v) is 10.6. The number of hydrogen-bond donors (Lipinski definition) is 1. The van der Waals surface area contributed by atoms with Crippen molar-refractivity contribution in [2.24, 2.45) is 5.73 Å². The number of fused-ring (bicyclic) bond motifs is 1. The number of rotatable bonds is 3. The molecule has 2 aromatic rings. The standard InChI is InChI=1S/C13H13F2NO.ClH/c1-17-10-7-6-8-4-2-3-5-9(8)11(10)12(16)13(14)15;/h2-7,12-13H,16H2,1H3;1H/t12-;/m1./s1. The molecule has 0 amide bonds. The van der Waals surface area contributed by atoms with E-state index in [0.717, 1.165) is 5.39 Å². The lowest BCUT2D eigenvalue weighted by Gasteiger charge is -2.17. The first-order valence-corrected chi connectivity index (χ1v) is 5.24. The third-order valence-corrected chi connectivity index (χ3v) is 2.76. The van der Waals surface area contributed by atoms with Crippen molar-refractivity contribution in [2.75, 3.05) is 7.11 Å². The molecule has 98 valence electrons. The predicted octanol–water partition coefficient (Wildman–Crippen LogP) is 3.54. The second-order valence-corrected chi connectivity index (χ2v) is 3.76. The van der Waals surface area contributed by atoms with Crippen molar-refractivity contribution in [1.29, 1.82) is 0 Å². The van der Waals surface area contributed by atoms with Crippen molar-refractivity contribution in [3.63, 3.8) is 0 Å². The van der Waals surface area contributed by atoms with E-state index in [4.69, 9.17) is 10.5 Å². The summed E-state index contributed by atoms with van der Waals surface area (Å²) in [6, 6.07) is 9.44. The quantitative estimate of drug-likeness (QED) is 0.928. The summed E-state index contributed by atoms with van der Waals surface area (Å²) in [6.45, 7) is 0. The molecule has 2 rings (SSSR count). The monoisotopic (exact) mass is 273 g/mol. The Balaban J connectivity index is 0.00000162. The van der Waals surface area contributed by atoms with Crippen LogP contribution in [0.15, 0.2) is 36.4 Å². The molecular weight excluding hydrogens is 260 g/mol. The van der Waals surface area contributed by atoms with Gasteiger partial charge in [-0.2, -0.15) is 0 Å². The summed E-state index contributed by atoms with van der Waals surface area (Å²) < 4.78 is 30.7. The first-order valence-electron chi connectivity index (χ1n) is 5.24. The van der Waals surface area contributed by atoms with Gasteiger partial charge in [-0.15, -0.1) is 12.4 Å². The maximum atomic E-state index is 12.8. The first-order chi connectivity index (χ1) is 8.15. The van der Waals surface area contributed by atoms with E-state index >= 15 is 0 Å². The van der Waals surface area contributed by atoms with Gasteiger partial charge in [0.25, 0.3) is 6.43 Å². The van der Waals surface area contributed by atoms with Gasteiger partial charge in [-0.1, -0.05) is 30.3 Å². The van der Waals surface area contributed by atoms with Crippen LogP contribution in [0, 0.1) is 0 Å². The lowest BCUT2D eigenvalue weighted by Crippen LogP contribution is -2.20. The van der Waals surface area contributed by atoms with Crippen LogP contribution in [-0.2, 0) is 0 Å². The molecule has 0 aliphatic heterocycles. The smallest absolute Gasteiger partial charge is 0.257 e. The summed E-state index contributed by atoms with van der Waals surface area (Å²) in [5.41, 5.74) is 5.91. The fourth-order valence-electron chi connectivity index (χ4n) is 1.92. The molecule has 0 saturated carbocycles. The molecule has 0 aliphatic rings. The minimum Gasteiger partial charge on any atom is -0.496 e. The Morgan fingerprint density at radius 1 is 1.11 bits per heavy atom. The predicted molar refractivity (Wildman–Crippen MR) is 70.7 cm³/mol. The highest BCUT2D eigenvalue weighted by atomic mass is 35.5. The maximum absolute atomic E-state index is 12.8. The lowest BCUT2D eigenvalue weighted by atomic mass is 9.98. The molecule has 1 atom stereocenters. The second kappa shape index (κ2) is 5.98. The van der Waals surface area contributed by atoms with Gasteiger partial charge in [0.05, 0.1) is 13.2 Å². The van der Waals surface area contributed by atoms with Crippen LogP contribution in [-0.4, -0.2) is 13.5 Å². The molecule has 0 radical (unpaired) electrons. The second-order valence-electron chi connectivity index (χ2n) is 3.76. The van der Waals surface area contributed by atoms with Crippen LogP contribution in [0.3, 0.4) is 0 Å². The van der Waals surface area contributed by atoms with E-state index in [2.05, 4.69) is 0 Å². The third kappa shape index (κ3) is 2.54. The number of nitrogens with two attached hydrogens (primary N) is 1. The van der Waals surface area contributed by atoms with E-state index < -0.39 is 12.5 Å². The highest BCUT2D eigenvalue weighted by Gasteiger charge is 2.23. The summed E-state index contributed by atoms with van der Waals surface area (Å²) in [5.74, 6) is 0.400. The molecular formula is C13H14ClF2NO. The van der Waals surface area contributed by atoms with Crippen molar-refractivity contribution < 1.29 is 13.5 Å². The summed E-state index contributed by atoms with van der Waals surface area (Å²) >= 11 is 0. The van der Waals surface area contributed by atoms with Crippen LogP contribution in [0.1, 0.15) is 11.6 Å². The Kier molecular flexibility index (Phi) is 4.87. The van der Waals surface area contributed by atoms with Crippen molar-refractivity contribution in [1.82, 2.24) is 0 Å². The Bertz CT molecular complexity index is 533. The van der Waals surface area contributed by atoms with Gasteiger partial charge in [-0.25, -0.2) is 8.78 Å². The molecule has 2 aromatic carbocycles. The van der Waals surface area contributed by atoms with Gasteiger partial charge in [0.2, 0.25) is 0 Å². The Morgan fingerprint density at radius 2 is 1.78 bits per heavy atom. The molecule has 2 nitrogen and oxygen atoms in total. The topological polar surface area (TPSA) is 35.2 Å². The van der Waals surface area contributed by atoms with Crippen LogP contribution in [0.5, 0.6) is 5.75 Å². The summed E-state index contributed by atoms with van der Waals surface area (Å²) in [6.07, 6.45) is -2.62. The number of hydrogen-bond acceptors (Lipinski definition) is 2. The van der Waals surface area contributed by atoms with Gasteiger partial charge in [0.15, 0.2) is 0 Å².